The largest absolute Gasteiger partial charge is 0.463 e. The van der Waals surface area contributed by atoms with Gasteiger partial charge in [0, 0.05) is 22.7 Å². The van der Waals surface area contributed by atoms with Crippen molar-refractivity contribution >= 4 is 11.8 Å². The molecular formula is C15H19NO3. The standard InChI is InChI=1S/C15H19NO3/c1-4-19-13(18)9-12-15(10-14(2,3)16-12)7-5-11(17)6-8-15/h5-9,16H,4,10H2,1-3H3/b12-9+. The predicted octanol–water partition coefficient (Wildman–Crippen LogP) is 1.89. The van der Waals surface area contributed by atoms with Gasteiger partial charge in [-0.1, -0.05) is 12.2 Å². The molecule has 0 amide bonds. The van der Waals surface area contributed by atoms with Gasteiger partial charge in [-0.2, -0.15) is 0 Å². The minimum absolute atomic E-state index is 0.0224. The van der Waals surface area contributed by atoms with Crippen LogP contribution in [0.4, 0.5) is 0 Å². The SMILES string of the molecule is CCOC(=O)/C=C1/NC(C)(C)CC12C=CC(=O)C=C2. The molecule has 4 nitrogen and oxygen atoms in total. The molecule has 0 bridgehead atoms. The summed E-state index contributed by atoms with van der Waals surface area (Å²) in [5.74, 6) is -0.383. The van der Waals surface area contributed by atoms with Crippen LogP contribution in [0.2, 0.25) is 0 Å². The van der Waals surface area contributed by atoms with E-state index in [1.165, 1.54) is 6.08 Å². The summed E-state index contributed by atoms with van der Waals surface area (Å²) in [7, 11) is 0. The first-order valence-electron chi connectivity index (χ1n) is 6.46. The van der Waals surface area contributed by atoms with Gasteiger partial charge < -0.3 is 10.1 Å². The highest BCUT2D eigenvalue weighted by atomic mass is 16.5. The van der Waals surface area contributed by atoms with Crippen LogP contribution in [0.5, 0.6) is 0 Å². The first kappa shape index (κ1) is 13.6. The van der Waals surface area contributed by atoms with Gasteiger partial charge in [-0.15, -0.1) is 0 Å². The van der Waals surface area contributed by atoms with Crippen molar-refractivity contribution in [1.82, 2.24) is 5.32 Å². The Balaban J connectivity index is 2.35. The van der Waals surface area contributed by atoms with Crippen LogP contribution in [0.15, 0.2) is 36.1 Å². The van der Waals surface area contributed by atoms with E-state index < -0.39 is 5.41 Å². The molecule has 1 aliphatic carbocycles. The van der Waals surface area contributed by atoms with Crippen molar-refractivity contribution in [3.8, 4) is 0 Å². The monoisotopic (exact) mass is 261 g/mol. The number of hydrogen-bond acceptors (Lipinski definition) is 4. The molecule has 1 aliphatic heterocycles. The van der Waals surface area contributed by atoms with Gasteiger partial charge in [-0.3, -0.25) is 4.79 Å². The summed E-state index contributed by atoms with van der Waals surface area (Å²) in [5, 5.41) is 3.34. The van der Waals surface area contributed by atoms with Crippen molar-refractivity contribution in [2.45, 2.75) is 32.7 Å². The zero-order valence-corrected chi connectivity index (χ0v) is 11.5. The highest BCUT2D eigenvalue weighted by Crippen LogP contribution is 2.45. The number of rotatable bonds is 2. The molecule has 1 spiro atoms. The molecule has 0 aromatic heterocycles. The van der Waals surface area contributed by atoms with Crippen LogP contribution >= 0.6 is 0 Å². The predicted molar refractivity (Wildman–Crippen MR) is 72.3 cm³/mol. The number of hydrogen-bond donors (Lipinski definition) is 1. The van der Waals surface area contributed by atoms with Gasteiger partial charge in [0.15, 0.2) is 5.78 Å². The maximum Gasteiger partial charge on any atom is 0.332 e. The maximum absolute atomic E-state index is 11.6. The average Bonchev–Trinajstić information content (AvgIpc) is 2.55. The molecule has 4 heteroatoms. The van der Waals surface area contributed by atoms with Crippen molar-refractivity contribution in [2.24, 2.45) is 5.41 Å². The van der Waals surface area contributed by atoms with E-state index in [1.807, 2.05) is 12.2 Å². The lowest BCUT2D eigenvalue weighted by Gasteiger charge is -2.24. The van der Waals surface area contributed by atoms with Crippen LogP contribution in [-0.2, 0) is 14.3 Å². The van der Waals surface area contributed by atoms with Gasteiger partial charge in [-0.05, 0) is 39.3 Å². The first-order valence-corrected chi connectivity index (χ1v) is 6.46. The van der Waals surface area contributed by atoms with Gasteiger partial charge in [0.05, 0.1) is 6.61 Å². The minimum atomic E-state index is -0.399. The summed E-state index contributed by atoms with van der Waals surface area (Å²) in [6.45, 7) is 6.26. The average molecular weight is 261 g/mol. The summed E-state index contributed by atoms with van der Waals surface area (Å²) < 4.78 is 4.96. The topological polar surface area (TPSA) is 55.4 Å². The van der Waals surface area contributed by atoms with E-state index in [-0.39, 0.29) is 17.3 Å². The third-order valence-corrected chi connectivity index (χ3v) is 3.35. The van der Waals surface area contributed by atoms with Crippen LogP contribution in [0.25, 0.3) is 0 Å². The fraction of sp³-hybridized carbons (Fsp3) is 0.467. The molecule has 0 saturated carbocycles. The number of allylic oxidation sites excluding steroid dienone is 3. The second-order valence-corrected chi connectivity index (χ2v) is 5.61. The Morgan fingerprint density at radius 1 is 1.42 bits per heavy atom. The van der Waals surface area contributed by atoms with Crippen molar-refractivity contribution in [3.63, 3.8) is 0 Å². The Labute approximate surface area is 113 Å². The van der Waals surface area contributed by atoms with Gasteiger partial charge in [0.25, 0.3) is 0 Å². The normalized spacial score (nSPS) is 24.8. The van der Waals surface area contributed by atoms with Gasteiger partial charge in [-0.25, -0.2) is 4.79 Å². The Morgan fingerprint density at radius 2 is 2.05 bits per heavy atom. The maximum atomic E-state index is 11.6. The molecule has 1 fully saturated rings. The molecule has 1 heterocycles. The number of nitrogens with one attached hydrogen (secondary N) is 1. The van der Waals surface area contributed by atoms with E-state index >= 15 is 0 Å². The fourth-order valence-electron chi connectivity index (χ4n) is 2.69. The lowest BCUT2D eigenvalue weighted by molar-refractivity contribution is -0.137. The third-order valence-electron chi connectivity index (χ3n) is 3.35. The zero-order valence-electron chi connectivity index (χ0n) is 11.5. The highest BCUT2D eigenvalue weighted by molar-refractivity contribution is 6.00. The molecule has 102 valence electrons. The molecule has 0 aromatic carbocycles. The molecule has 0 aromatic rings. The van der Waals surface area contributed by atoms with Crippen LogP contribution in [0.1, 0.15) is 27.2 Å². The number of carbonyl (C=O) groups excluding carboxylic acids is 2. The number of ether oxygens (including phenoxy) is 1. The fourth-order valence-corrected chi connectivity index (χ4v) is 2.69. The summed E-state index contributed by atoms with van der Waals surface area (Å²) in [4.78, 5) is 22.9. The summed E-state index contributed by atoms with van der Waals surface area (Å²) in [6, 6.07) is 0. The van der Waals surface area contributed by atoms with Crippen LogP contribution < -0.4 is 5.32 Å². The smallest absolute Gasteiger partial charge is 0.332 e. The molecular weight excluding hydrogens is 242 g/mol. The second-order valence-electron chi connectivity index (χ2n) is 5.61. The number of esters is 1. The lowest BCUT2D eigenvalue weighted by Crippen LogP contribution is -2.31. The quantitative estimate of drug-likeness (QED) is 0.609. The van der Waals surface area contributed by atoms with Crippen LogP contribution in [-0.4, -0.2) is 23.9 Å². The van der Waals surface area contributed by atoms with E-state index in [0.717, 1.165) is 12.1 Å². The van der Waals surface area contributed by atoms with Crippen molar-refractivity contribution in [3.05, 3.63) is 36.1 Å². The Hall–Kier alpha value is -1.84. The van der Waals surface area contributed by atoms with Crippen molar-refractivity contribution in [2.75, 3.05) is 6.61 Å². The minimum Gasteiger partial charge on any atom is -0.463 e. The van der Waals surface area contributed by atoms with E-state index in [4.69, 9.17) is 4.74 Å². The molecule has 0 unspecified atom stereocenters. The molecule has 19 heavy (non-hydrogen) atoms. The first-order chi connectivity index (χ1) is 8.87. The Morgan fingerprint density at radius 3 is 2.63 bits per heavy atom. The molecule has 0 radical (unpaired) electrons. The highest BCUT2D eigenvalue weighted by Gasteiger charge is 2.45. The van der Waals surface area contributed by atoms with Crippen LogP contribution in [0, 0.1) is 5.41 Å². The van der Waals surface area contributed by atoms with Gasteiger partial charge >= 0.3 is 5.97 Å². The van der Waals surface area contributed by atoms with Gasteiger partial charge in [0.1, 0.15) is 0 Å². The lowest BCUT2D eigenvalue weighted by atomic mass is 9.77. The van der Waals surface area contributed by atoms with E-state index in [2.05, 4.69) is 19.2 Å². The number of carbonyl (C=O) groups is 2. The van der Waals surface area contributed by atoms with Crippen molar-refractivity contribution < 1.29 is 14.3 Å². The number of ketones is 1. The summed E-state index contributed by atoms with van der Waals surface area (Å²) >= 11 is 0. The molecule has 2 aliphatic rings. The van der Waals surface area contributed by atoms with E-state index in [0.29, 0.717) is 6.61 Å². The third kappa shape index (κ3) is 2.78. The zero-order chi connectivity index (χ0) is 14.1. The van der Waals surface area contributed by atoms with E-state index in [1.54, 1.807) is 19.1 Å². The molecule has 1 saturated heterocycles. The Bertz CT molecular complexity index is 482. The second kappa shape index (κ2) is 4.68. The van der Waals surface area contributed by atoms with E-state index in [9.17, 15) is 9.59 Å². The summed E-state index contributed by atoms with van der Waals surface area (Å²) in [5.41, 5.74) is 0.258. The molecule has 2 rings (SSSR count). The molecule has 1 N–H and O–H groups in total. The van der Waals surface area contributed by atoms with Gasteiger partial charge in [0.2, 0.25) is 0 Å². The summed E-state index contributed by atoms with van der Waals surface area (Å²) in [6.07, 6.45) is 9.13. The van der Waals surface area contributed by atoms with Crippen LogP contribution in [0.3, 0.4) is 0 Å². The Kier molecular flexibility index (Phi) is 3.35. The van der Waals surface area contributed by atoms with Crippen molar-refractivity contribution in [1.29, 1.82) is 0 Å². The molecule has 0 atom stereocenters.